The molecule has 2 rings (SSSR count). The third kappa shape index (κ3) is 5.14. The topological polar surface area (TPSA) is 110 Å². The highest BCUT2D eigenvalue weighted by atomic mass is 16.5. The summed E-state index contributed by atoms with van der Waals surface area (Å²) >= 11 is 0. The number of benzene rings is 1. The van der Waals surface area contributed by atoms with E-state index in [-0.39, 0.29) is 12.5 Å². The first-order chi connectivity index (χ1) is 10.9. The summed E-state index contributed by atoms with van der Waals surface area (Å²) in [6, 6.07) is 8.39. The predicted molar refractivity (Wildman–Crippen MR) is 86.2 cm³/mol. The second-order valence-corrected chi connectivity index (χ2v) is 5.61. The molecule has 122 valence electrons. The van der Waals surface area contributed by atoms with E-state index in [1.165, 1.54) is 0 Å². The van der Waals surface area contributed by atoms with Gasteiger partial charge in [0.05, 0.1) is 0 Å². The molecule has 0 aliphatic heterocycles. The third-order valence-corrected chi connectivity index (χ3v) is 2.98. The van der Waals surface area contributed by atoms with Crippen molar-refractivity contribution in [3.63, 3.8) is 0 Å². The Bertz CT molecular complexity index is 677. The maximum atomic E-state index is 12.1. The van der Waals surface area contributed by atoms with Crippen LogP contribution in [-0.2, 0) is 11.2 Å². The van der Waals surface area contributed by atoms with Crippen LogP contribution in [0.1, 0.15) is 30.0 Å². The monoisotopic (exact) mass is 316 g/mol. The van der Waals surface area contributed by atoms with Crippen molar-refractivity contribution in [2.75, 3.05) is 11.9 Å². The second-order valence-electron chi connectivity index (χ2n) is 5.61. The zero-order valence-corrected chi connectivity index (χ0v) is 13.1. The van der Waals surface area contributed by atoms with Gasteiger partial charge < -0.3 is 15.8 Å². The number of rotatable bonds is 7. The summed E-state index contributed by atoms with van der Waals surface area (Å²) in [6.45, 7) is 4.02. The molecule has 0 saturated carbocycles. The molecule has 0 aliphatic carbocycles. The van der Waals surface area contributed by atoms with Crippen LogP contribution in [0.4, 0.5) is 5.69 Å². The smallest absolute Gasteiger partial charge is 0.276 e. The van der Waals surface area contributed by atoms with Crippen molar-refractivity contribution in [2.24, 2.45) is 11.7 Å². The van der Waals surface area contributed by atoms with Gasteiger partial charge in [-0.2, -0.15) is 5.10 Å². The van der Waals surface area contributed by atoms with Gasteiger partial charge in [-0.1, -0.05) is 13.8 Å². The molecule has 0 unspecified atom stereocenters. The lowest BCUT2D eigenvalue weighted by Crippen LogP contribution is -2.20. The van der Waals surface area contributed by atoms with Crippen LogP contribution < -0.4 is 15.8 Å². The first-order valence-electron chi connectivity index (χ1n) is 7.31. The first kappa shape index (κ1) is 16.5. The number of amides is 2. The molecule has 1 aromatic heterocycles. The summed E-state index contributed by atoms with van der Waals surface area (Å²) in [5.74, 6) is 0.153. The van der Waals surface area contributed by atoms with Gasteiger partial charge in [0.25, 0.3) is 11.8 Å². The van der Waals surface area contributed by atoms with Crippen molar-refractivity contribution < 1.29 is 14.3 Å². The number of carbonyl (C=O) groups excluding carboxylic acids is 2. The Morgan fingerprint density at radius 1 is 1.30 bits per heavy atom. The van der Waals surface area contributed by atoms with Gasteiger partial charge in [-0.05, 0) is 42.7 Å². The Kier molecular flexibility index (Phi) is 5.35. The Morgan fingerprint density at radius 2 is 2.00 bits per heavy atom. The molecule has 0 radical (unpaired) electrons. The Labute approximate surface area is 134 Å². The molecule has 0 bridgehead atoms. The Hall–Kier alpha value is -2.83. The Morgan fingerprint density at radius 3 is 2.61 bits per heavy atom. The van der Waals surface area contributed by atoms with E-state index in [2.05, 4.69) is 29.4 Å². The average Bonchev–Trinajstić information content (AvgIpc) is 2.94. The maximum Gasteiger partial charge on any atom is 0.276 e. The number of aromatic amines is 1. The van der Waals surface area contributed by atoms with Crippen LogP contribution in [0.3, 0.4) is 0 Å². The number of hydrogen-bond acceptors (Lipinski definition) is 4. The number of aromatic nitrogens is 2. The van der Waals surface area contributed by atoms with E-state index >= 15 is 0 Å². The summed E-state index contributed by atoms with van der Waals surface area (Å²) < 4.78 is 5.15. The molecule has 4 N–H and O–H groups in total. The van der Waals surface area contributed by atoms with E-state index in [1.54, 1.807) is 30.3 Å². The van der Waals surface area contributed by atoms with Gasteiger partial charge in [0.1, 0.15) is 5.75 Å². The quantitative estimate of drug-likeness (QED) is 0.722. The average molecular weight is 316 g/mol. The van der Waals surface area contributed by atoms with Crippen LogP contribution in [0.2, 0.25) is 0 Å². The molecule has 7 nitrogen and oxygen atoms in total. The number of primary amides is 1. The summed E-state index contributed by atoms with van der Waals surface area (Å²) in [4.78, 5) is 22.8. The fourth-order valence-corrected chi connectivity index (χ4v) is 2.01. The highest BCUT2D eigenvalue weighted by Crippen LogP contribution is 2.16. The standard InChI is InChI=1S/C16H20N4O3/c1-10(2)7-12-8-14(20-19-12)16(22)18-11-3-5-13(6-4-11)23-9-15(17)21/h3-6,8,10H,7,9H2,1-2H3,(H2,17,21)(H,18,22)(H,19,20). The zero-order chi connectivity index (χ0) is 16.8. The highest BCUT2D eigenvalue weighted by Gasteiger charge is 2.11. The van der Waals surface area contributed by atoms with Crippen molar-refractivity contribution in [1.82, 2.24) is 10.2 Å². The Balaban J connectivity index is 1.94. The van der Waals surface area contributed by atoms with Gasteiger partial charge >= 0.3 is 0 Å². The van der Waals surface area contributed by atoms with Gasteiger partial charge in [0.2, 0.25) is 0 Å². The molecule has 0 atom stereocenters. The number of ether oxygens (including phenoxy) is 1. The molecule has 2 amide bonds. The molecule has 23 heavy (non-hydrogen) atoms. The van der Waals surface area contributed by atoms with E-state index in [4.69, 9.17) is 10.5 Å². The van der Waals surface area contributed by atoms with Crippen molar-refractivity contribution in [3.8, 4) is 5.75 Å². The molecule has 1 heterocycles. The van der Waals surface area contributed by atoms with Gasteiger partial charge in [-0.25, -0.2) is 0 Å². The van der Waals surface area contributed by atoms with E-state index in [9.17, 15) is 9.59 Å². The van der Waals surface area contributed by atoms with Crippen LogP contribution in [0.25, 0.3) is 0 Å². The molecule has 0 saturated heterocycles. The van der Waals surface area contributed by atoms with Crippen molar-refractivity contribution in [3.05, 3.63) is 41.7 Å². The molecule has 1 aromatic carbocycles. The number of hydrogen-bond donors (Lipinski definition) is 3. The fourth-order valence-electron chi connectivity index (χ4n) is 2.01. The highest BCUT2D eigenvalue weighted by molar-refractivity contribution is 6.02. The third-order valence-electron chi connectivity index (χ3n) is 2.98. The number of nitrogens with two attached hydrogens (primary N) is 1. The van der Waals surface area contributed by atoms with Crippen LogP contribution in [0, 0.1) is 5.92 Å². The number of H-pyrrole nitrogens is 1. The fraction of sp³-hybridized carbons (Fsp3) is 0.312. The molecular weight excluding hydrogens is 296 g/mol. The van der Waals surface area contributed by atoms with E-state index < -0.39 is 5.91 Å². The van der Waals surface area contributed by atoms with Crippen LogP contribution in [-0.4, -0.2) is 28.6 Å². The zero-order valence-electron chi connectivity index (χ0n) is 13.1. The number of nitrogens with zero attached hydrogens (tertiary/aromatic N) is 1. The number of anilines is 1. The molecule has 0 fully saturated rings. The minimum absolute atomic E-state index is 0.183. The van der Waals surface area contributed by atoms with E-state index in [1.807, 2.05) is 0 Å². The lowest BCUT2D eigenvalue weighted by molar-refractivity contribution is -0.119. The number of carbonyl (C=O) groups is 2. The minimum Gasteiger partial charge on any atom is -0.484 e. The van der Waals surface area contributed by atoms with Crippen LogP contribution in [0.5, 0.6) is 5.75 Å². The van der Waals surface area contributed by atoms with Crippen LogP contribution in [0.15, 0.2) is 30.3 Å². The minimum atomic E-state index is -0.543. The molecule has 0 spiro atoms. The van der Waals surface area contributed by atoms with Crippen molar-refractivity contribution in [2.45, 2.75) is 20.3 Å². The molecule has 0 aliphatic rings. The van der Waals surface area contributed by atoms with Crippen molar-refractivity contribution >= 4 is 17.5 Å². The summed E-state index contributed by atoms with van der Waals surface area (Å²) in [5.41, 5.74) is 6.88. The van der Waals surface area contributed by atoms with E-state index in [0.29, 0.717) is 23.0 Å². The summed E-state index contributed by atoms with van der Waals surface area (Å²) in [7, 11) is 0. The summed E-state index contributed by atoms with van der Waals surface area (Å²) in [6.07, 6.45) is 0.839. The number of nitrogens with one attached hydrogen (secondary N) is 2. The largest absolute Gasteiger partial charge is 0.484 e. The SMILES string of the molecule is CC(C)Cc1cc(C(=O)Nc2ccc(OCC(N)=O)cc2)n[nH]1. The summed E-state index contributed by atoms with van der Waals surface area (Å²) in [5, 5.41) is 9.63. The van der Waals surface area contributed by atoms with Crippen molar-refractivity contribution in [1.29, 1.82) is 0 Å². The second kappa shape index (κ2) is 7.44. The van der Waals surface area contributed by atoms with Gasteiger partial charge in [-0.3, -0.25) is 14.7 Å². The lowest BCUT2D eigenvalue weighted by Gasteiger charge is -2.06. The maximum absolute atomic E-state index is 12.1. The normalized spacial score (nSPS) is 10.6. The predicted octanol–water partition coefficient (Wildman–Crippen LogP) is 1.72. The van der Waals surface area contributed by atoms with Gasteiger partial charge in [0.15, 0.2) is 12.3 Å². The lowest BCUT2D eigenvalue weighted by atomic mass is 10.1. The molecule has 2 aromatic rings. The first-order valence-corrected chi connectivity index (χ1v) is 7.31. The van der Waals surface area contributed by atoms with Gasteiger partial charge in [0, 0.05) is 11.4 Å². The van der Waals surface area contributed by atoms with Gasteiger partial charge in [-0.15, -0.1) is 0 Å². The van der Waals surface area contributed by atoms with E-state index in [0.717, 1.165) is 12.1 Å². The molecular formula is C16H20N4O3. The molecule has 7 heteroatoms. The van der Waals surface area contributed by atoms with Crippen LogP contribution >= 0.6 is 0 Å².